The summed E-state index contributed by atoms with van der Waals surface area (Å²) in [6.07, 6.45) is 1.34. The van der Waals surface area contributed by atoms with E-state index in [4.69, 9.17) is 33.2 Å². The van der Waals surface area contributed by atoms with Gasteiger partial charge < -0.3 is 38.5 Å². The van der Waals surface area contributed by atoms with E-state index in [0.717, 1.165) is 0 Å². The fourth-order valence-corrected chi connectivity index (χ4v) is 4.42. The lowest BCUT2D eigenvalue weighted by molar-refractivity contribution is 0.0733. The molecule has 13 heteroatoms. The Morgan fingerprint density at radius 1 is 0.574 bits per heavy atom. The van der Waals surface area contributed by atoms with Gasteiger partial charge in [-0.1, -0.05) is 18.2 Å². The summed E-state index contributed by atoms with van der Waals surface area (Å²) >= 11 is 0. The zero-order valence-electron chi connectivity index (χ0n) is 26.5. The second kappa shape index (κ2) is 15.7. The summed E-state index contributed by atoms with van der Waals surface area (Å²) < 4.78 is 37.5. The molecule has 0 aromatic heterocycles. The molecule has 0 radical (unpaired) electrons. The maximum Gasteiger partial charge on any atom is 0.343 e. The number of para-hydroxylation sites is 1. The van der Waals surface area contributed by atoms with Gasteiger partial charge in [0.2, 0.25) is 11.5 Å². The van der Waals surface area contributed by atoms with Gasteiger partial charge >= 0.3 is 5.97 Å². The van der Waals surface area contributed by atoms with Gasteiger partial charge in [-0.2, -0.15) is 5.10 Å². The zero-order valence-corrected chi connectivity index (χ0v) is 26.5. The number of carbonyl (C=O) groups is 3. The van der Waals surface area contributed by atoms with E-state index in [1.807, 2.05) is 0 Å². The Labute approximate surface area is 270 Å². The number of methoxy groups -OCH3 is 6. The molecule has 0 saturated heterocycles. The number of esters is 1. The van der Waals surface area contributed by atoms with Crippen molar-refractivity contribution in [3.63, 3.8) is 0 Å². The first-order chi connectivity index (χ1) is 22.8. The lowest BCUT2D eigenvalue weighted by Crippen LogP contribution is -2.18. The maximum absolute atomic E-state index is 13.0. The Morgan fingerprint density at radius 2 is 1.13 bits per heavy atom. The highest BCUT2D eigenvalue weighted by Gasteiger charge is 2.20. The first-order valence-corrected chi connectivity index (χ1v) is 13.9. The number of carbonyl (C=O) groups excluding carboxylic acids is 3. The van der Waals surface area contributed by atoms with Gasteiger partial charge in [0, 0.05) is 22.4 Å². The van der Waals surface area contributed by atoms with E-state index in [0.29, 0.717) is 45.7 Å². The number of hydrazone groups is 1. The molecule has 0 bridgehead atoms. The van der Waals surface area contributed by atoms with E-state index in [1.165, 1.54) is 79.2 Å². The van der Waals surface area contributed by atoms with E-state index < -0.39 is 17.8 Å². The quantitative estimate of drug-likeness (QED) is 0.0884. The standard InChI is InChI=1S/C34H33N3O10/c1-41-26-15-22(16-27(42-2)30(26)45-5)32(38)36-24-12-9-11-20(14-24)33(39)37-35-19-21-10-7-8-13-25(21)47-34(40)23-17-28(43-3)31(46-6)29(18-23)44-4/h7-19H,1-6H3,(H,36,38)(H,37,39). The average Bonchev–Trinajstić information content (AvgIpc) is 3.10. The second-order valence-electron chi connectivity index (χ2n) is 9.49. The monoisotopic (exact) mass is 643 g/mol. The molecule has 244 valence electrons. The Bertz CT molecular complexity index is 1750. The molecule has 2 amide bonds. The molecule has 2 N–H and O–H groups in total. The molecule has 0 unspecified atom stereocenters. The number of benzene rings is 4. The third-order valence-corrected chi connectivity index (χ3v) is 6.70. The van der Waals surface area contributed by atoms with E-state index in [2.05, 4.69) is 15.8 Å². The van der Waals surface area contributed by atoms with Crippen LogP contribution in [0.3, 0.4) is 0 Å². The minimum Gasteiger partial charge on any atom is -0.493 e. The van der Waals surface area contributed by atoms with Gasteiger partial charge in [-0.25, -0.2) is 10.2 Å². The second-order valence-corrected chi connectivity index (χ2v) is 9.49. The zero-order chi connectivity index (χ0) is 33.9. The molecule has 0 spiro atoms. The summed E-state index contributed by atoms with van der Waals surface area (Å²) in [5.74, 6) is 0.421. The van der Waals surface area contributed by atoms with Gasteiger partial charge in [-0.05, 0) is 54.6 Å². The maximum atomic E-state index is 13.0. The predicted molar refractivity (Wildman–Crippen MR) is 173 cm³/mol. The van der Waals surface area contributed by atoms with Crippen molar-refractivity contribution in [2.75, 3.05) is 48.0 Å². The highest BCUT2D eigenvalue weighted by molar-refractivity contribution is 6.06. The molecule has 4 rings (SSSR count). The largest absolute Gasteiger partial charge is 0.493 e. The third kappa shape index (κ3) is 7.89. The smallest absolute Gasteiger partial charge is 0.343 e. The average molecular weight is 644 g/mol. The number of anilines is 1. The van der Waals surface area contributed by atoms with Crippen LogP contribution in [0.15, 0.2) is 77.9 Å². The fourth-order valence-electron chi connectivity index (χ4n) is 4.42. The number of rotatable bonds is 13. The molecule has 0 saturated carbocycles. The van der Waals surface area contributed by atoms with Crippen LogP contribution >= 0.6 is 0 Å². The van der Waals surface area contributed by atoms with Crippen LogP contribution in [0, 0.1) is 0 Å². The lowest BCUT2D eigenvalue weighted by Gasteiger charge is -2.14. The number of nitrogens with zero attached hydrogens (tertiary/aromatic N) is 1. The molecule has 47 heavy (non-hydrogen) atoms. The van der Waals surface area contributed by atoms with Crippen molar-refractivity contribution < 1.29 is 47.5 Å². The Balaban J connectivity index is 1.45. The van der Waals surface area contributed by atoms with Gasteiger partial charge in [0.15, 0.2) is 23.0 Å². The van der Waals surface area contributed by atoms with Gasteiger partial charge in [0.25, 0.3) is 11.8 Å². The van der Waals surface area contributed by atoms with Crippen molar-refractivity contribution in [1.29, 1.82) is 0 Å². The Morgan fingerprint density at radius 3 is 1.68 bits per heavy atom. The van der Waals surface area contributed by atoms with Crippen LogP contribution in [-0.2, 0) is 0 Å². The summed E-state index contributed by atoms with van der Waals surface area (Å²) in [6.45, 7) is 0. The van der Waals surface area contributed by atoms with Crippen molar-refractivity contribution in [2.24, 2.45) is 5.10 Å². The van der Waals surface area contributed by atoms with Crippen LogP contribution in [0.4, 0.5) is 5.69 Å². The molecule has 0 heterocycles. The number of amides is 2. The molecule has 0 fully saturated rings. The van der Waals surface area contributed by atoms with E-state index in [9.17, 15) is 14.4 Å². The van der Waals surface area contributed by atoms with Crippen molar-refractivity contribution in [1.82, 2.24) is 5.43 Å². The van der Waals surface area contributed by atoms with E-state index >= 15 is 0 Å². The highest BCUT2D eigenvalue weighted by atomic mass is 16.5. The number of nitrogens with one attached hydrogen (secondary N) is 2. The van der Waals surface area contributed by atoms with Crippen LogP contribution in [0.1, 0.15) is 36.6 Å². The number of ether oxygens (including phenoxy) is 7. The van der Waals surface area contributed by atoms with Crippen molar-refractivity contribution >= 4 is 29.7 Å². The van der Waals surface area contributed by atoms with Crippen LogP contribution in [0.25, 0.3) is 0 Å². The first-order valence-electron chi connectivity index (χ1n) is 13.9. The topological polar surface area (TPSA) is 152 Å². The van der Waals surface area contributed by atoms with Gasteiger partial charge in [-0.15, -0.1) is 0 Å². The molecule has 4 aromatic carbocycles. The Kier molecular flexibility index (Phi) is 11.2. The predicted octanol–water partition coefficient (Wildman–Crippen LogP) is 4.97. The van der Waals surface area contributed by atoms with Crippen LogP contribution in [0.2, 0.25) is 0 Å². The van der Waals surface area contributed by atoms with Crippen molar-refractivity contribution in [3.05, 3.63) is 95.1 Å². The molecule has 4 aromatic rings. The van der Waals surface area contributed by atoms with Crippen LogP contribution < -0.4 is 43.9 Å². The van der Waals surface area contributed by atoms with Gasteiger partial charge in [-0.3, -0.25) is 9.59 Å². The molecule has 0 atom stereocenters. The minimum absolute atomic E-state index is 0.164. The first kappa shape index (κ1) is 33.6. The number of hydrogen-bond acceptors (Lipinski definition) is 11. The Hall–Kier alpha value is -6.24. The van der Waals surface area contributed by atoms with Crippen molar-refractivity contribution in [3.8, 4) is 40.2 Å². The van der Waals surface area contributed by atoms with Crippen LogP contribution in [-0.4, -0.2) is 66.7 Å². The normalized spacial score (nSPS) is 10.5. The summed E-state index contributed by atoms with van der Waals surface area (Å²) in [5, 5.41) is 6.78. The molecule has 0 aliphatic carbocycles. The molecule has 13 nitrogen and oxygen atoms in total. The van der Waals surface area contributed by atoms with E-state index in [1.54, 1.807) is 42.5 Å². The lowest BCUT2D eigenvalue weighted by atomic mass is 10.1. The summed E-state index contributed by atoms with van der Waals surface area (Å²) in [5.41, 5.74) is 3.87. The van der Waals surface area contributed by atoms with Crippen LogP contribution in [0.5, 0.6) is 40.2 Å². The fraction of sp³-hybridized carbons (Fsp3) is 0.176. The molecule has 0 aliphatic heterocycles. The molecule has 0 aliphatic rings. The van der Waals surface area contributed by atoms with Gasteiger partial charge in [0.05, 0.1) is 54.4 Å². The summed E-state index contributed by atoms with van der Waals surface area (Å²) in [6, 6.07) is 18.9. The van der Waals surface area contributed by atoms with Crippen molar-refractivity contribution in [2.45, 2.75) is 0 Å². The third-order valence-electron chi connectivity index (χ3n) is 6.70. The SMILES string of the molecule is COc1cc(C(=O)Nc2cccc(C(=O)NN=Cc3ccccc3OC(=O)c3cc(OC)c(OC)c(OC)c3)c2)cc(OC)c1OC. The molecular weight excluding hydrogens is 610 g/mol. The van der Waals surface area contributed by atoms with E-state index in [-0.39, 0.29) is 22.4 Å². The van der Waals surface area contributed by atoms with Gasteiger partial charge in [0.1, 0.15) is 5.75 Å². The minimum atomic E-state index is -0.681. The summed E-state index contributed by atoms with van der Waals surface area (Å²) in [4.78, 5) is 38.9. The molecular formula is C34H33N3O10. The summed E-state index contributed by atoms with van der Waals surface area (Å²) in [7, 11) is 8.71. The highest BCUT2D eigenvalue weighted by Crippen LogP contribution is 2.39. The number of hydrogen-bond donors (Lipinski definition) is 2.